The second kappa shape index (κ2) is 4.81. The number of nitro groups is 1. The number of aryl methyl sites for hydroxylation is 1. The Kier molecular flexibility index (Phi) is 3.66. The maximum atomic E-state index is 10.8. The molecule has 1 rings (SSSR count). The molecule has 0 fully saturated rings. The molecule has 0 unspecified atom stereocenters. The zero-order chi connectivity index (χ0) is 13.2. The Morgan fingerprint density at radius 1 is 1.65 bits per heavy atom. The number of hydrogen-bond donors (Lipinski definition) is 1. The monoisotopic (exact) mass is 242 g/mol. The van der Waals surface area contributed by atoms with Gasteiger partial charge in [-0.05, 0) is 16.8 Å². The summed E-state index contributed by atoms with van der Waals surface area (Å²) >= 11 is 0. The first-order valence-electron chi connectivity index (χ1n) is 5.02. The summed E-state index contributed by atoms with van der Waals surface area (Å²) in [6.45, 7) is 3.42. The Morgan fingerprint density at radius 2 is 2.24 bits per heavy atom. The van der Waals surface area contributed by atoms with Gasteiger partial charge in [0.2, 0.25) is 11.6 Å². The molecule has 1 aromatic heterocycles. The molecule has 0 aliphatic rings. The van der Waals surface area contributed by atoms with E-state index in [9.17, 15) is 14.9 Å². The zero-order valence-corrected chi connectivity index (χ0v) is 9.88. The predicted molar refractivity (Wildman–Crippen MR) is 60.1 cm³/mol. The van der Waals surface area contributed by atoms with Crippen molar-refractivity contribution in [3.05, 3.63) is 15.9 Å². The highest BCUT2D eigenvalue weighted by atomic mass is 16.6. The molecule has 1 heterocycles. The fourth-order valence-electron chi connectivity index (χ4n) is 1.56. The number of imidazole rings is 1. The lowest BCUT2D eigenvalue weighted by atomic mass is 10.4. The van der Waals surface area contributed by atoms with Gasteiger partial charge in [-0.15, -0.1) is 0 Å². The van der Waals surface area contributed by atoms with Crippen LogP contribution in [0.2, 0.25) is 0 Å². The molecule has 0 atom stereocenters. The number of nitrogens with zero attached hydrogens (tertiary/aromatic N) is 4. The summed E-state index contributed by atoms with van der Waals surface area (Å²) in [7, 11) is 1.62. The molecule has 8 heteroatoms. The van der Waals surface area contributed by atoms with Crippen LogP contribution < -0.4 is 4.90 Å². The molecule has 0 aliphatic carbocycles. The van der Waals surface area contributed by atoms with E-state index in [0.717, 1.165) is 0 Å². The molecule has 0 bridgehead atoms. The topological polar surface area (TPSA) is 102 Å². The highest BCUT2D eigenvalue weighted by Crippen LogP contribution is 2.27. The van der Waals surface area contributed by atoms with Gasteiger partial charge in [-0.3, -0.25) is 9.36 Å². The molecule has 1 N–H and O–H groups in total. The fourth-order valence-corrected chi connectivity index (χ4v) is 1.56. The lowest BCUT2D eigenvalue weighted by Crippen LogP contribution is -2.31. The Bertz CT molecular complexity index is 454. The van der Waals surface area contributed by atoms with Gasteiger partial charge in [0.05, 0.1) is 0 Å². The number of likely N-dealkylation sites (N-methyl/N-ethyl adjacent to an activating group) is 1. The summed E-state index contributed by atoms with van der Waals surface area (Å²) in [4.78, 5) is 26.2. The summed E-state index contributed by atoms with van der Waals surface area (Å²) in [5.41, 5.74) is 0. The summed E-state index contributed by atoms with van der Waals surface area (Å²) in [6.07, 6.45) is 0. The largest absolute Gasteiger partial charge is 0.480 e. The molecule has 0 spiro atoms. The van der Waals surface area contributed by atoms with E-state index in [1.54, 1.807) is 20.9 Å². The molecule has 1 aromatic rings. The van der Waals surface area contributed by atoms with E-state index in [1.807, 2.05) is 0 Å². The van der Waals surface area contributed by atoms with Crippen LogP contribution in [0.5, 0.6) is 0 Å². The third-order valence-corrected chi connectivity index (χ3v) is 2.45. The molecule has 0 saturated carbocycles. The van der Waals surface area contributed by atoms with E-state index in [4.69, 9.17) is 5.11 Å². The number of hydrogen-bond acceptors (Lipinski definition) is 5. The smallest absolute Gasteiger partial charge is 0.406 e. The van der Waals surface area contributed by atoms with Gasteiger partial charge in [-0.2, -0.15) is 0 Å². The number of rotatable bonds is 5. The maximum absolute atomic E-state index is 10.8. The first kappa shape index (κ1) is 12.9. The van der Waals surface area contributed by atoms with Crippen molar-refractivity contribution in [3.8, 4) is 0 Å². The molecule has 8 nitrogen and oxygen atoms in total. The molecule has 0 amide bonds. The molecule has 0 aromatic carbocycles. The summed E-state index contributed by atoms with van der Waals surface area (Å²) in [6, 6.07) is 0. The summed E-state index contributed by atoms with van der Waals surface area (Å²) in [5, 5.41) is 19.6. The van der Waals surface area contributed by atoms with Crippen molar-refractivity contribution >= 4 is 17.6 Å². The Morgan fingerprint density at radius 3 is 2.65 bits per heavy atom. The van der Waals surface area contributed by atoms with Crippen LogP contribution in [0.15, 0.2) is 0 Å². The van der Waals surface area contributed by atoms with E-state index in [0.29, 0.717) is 12.4 Å². The van der Waals surface area contributed by atoms with Crippen LogP contribution in [0.1, 0.15) is 12.7 Å². The molecule has 17 heavy (non-hydrogen) atoms. The van der Waals surface area contributed by atoms with Crippen molar-refractivity contribution in [2.24, 2.45) is 7.05 Å². The first-order chi connectivity index (χ1) is 7.88. The minimum atomic E-state index is -1.04. The van der Waals surface area contributed by atoms with Crippen LogP contribution in [0.4, 0.5) is 11.6 Å². The number of anilines is 1. The van der Waals surface area contributed by atoms with Gasteiger partial charge in [0.15, 0.2) is 0 Å². The van der Waals surface area contributed by atoms with Crippen LogP contribution in [-0.4, -0.2) is 38.6 Å². The highest BCUT2D eigenvalue weighted by Gasteiger charge is 2.28. The van der Waals surface area contributed by atoms with E-state index >= 15 is 0 Å². The molecule has 0 radical (unpaired) electrons. The van der Waals surface area contributed by atoms with Crippen molar-refractivity contribution in [2.45, 2.75) is 13.8 Å². The maximum Gasteiger partial charge on any atom is 0.406 e. The van der Waals surface area contributed by atoms with Crippen LogP contribution in [0.3, 0.4) is 0 Å². The average Bonchev–Trinajstić information content (AvgIpc) is 2.52. The first-order valence-corrected chi connectivity index (χ1v) is 5.02. The molecular formula is C9H14N4O4. The van der Waals surface area contributed by atoms with E-state index in [2.05, 4.69) is 4.98 Å². The number of carboxylic acids is 1. The van der Waals surface area contributed by atoms with E-state index in [-0.39, 0.29) is 18.2 Å². The van der Waals surface area contributed by atoms with Crippen LogP contribution >= 0.6 is 0 Å². The quantitative estimate of drug-likeness (QED) is 0.597. The molecule has 0 aliphatic heterocycles. The third-order valence-electron chi connectivity index (χ3n) is 2.45. The van der Waals surface area contributed by atoms with Gasteiger partial charge in [0, 0.05) is 20.5 Å². The SMILES string of the molecule is CCN(CC(=O)O)c1c([N+](=O)[O-])nc(C)n1C. The number of carbonyl (C=O) groups is 1. The van der Waals surface area contributed by atoms with Gasteiger partial charge < -0.3 is 20.1 Å². The standard InChI is InChI=1S/C9H14N4O4/c1-4-12(5-7(14)15)9-8(13(16)17)10-6(2)11(9)3/h4-5H2,1-3H3,(H,14,15). The van der Waals surface area contributed by atoms with Crippen molar-refractivity contribution in [1.82, 2.24) is 9.55 Å². The van der Waals surface area contributed by atoms with Crippen molar-refractivity contribution in [1.29, 1.82) is 0 Å². The van der Waals surface area contributed by atoms with E-state index < -0.39 is 10.9 Å². The van der Waals surface area contributed by atoms with Crippen molar-refractivity contribution in [2.75, 3.05) is 18.0 Å². The minimum Gasteiger partial charge on any atom is -0.480 e. The van der Waals surface area contributed by atoms with Gasteiger partial charge >= 0.3 is 11.8 Å². The van der Waals surface area contributed by atoms with Crippen LogP contribution in [0, 0.1) is 17.0 Å². The Hall–Kier alpha value is -2.12. The van der Waals surface area contributed by atoms with Crippen LogP contribution in [-0.2, 0) is 11.8 Å². The minimum absolute atomic E-state index is 0.220. The predicted octanol–water partition coefficient (Wildman–Crippen LogP) is 0.548. The van der Waals surface area contributed by atoms with E-state index in [1.165, 1.54) is 9.47 Å². The normalized spacial score (nSPS) is 10.3. The van der Waals surface area contributed by atoms with Gasteiger partial charge in [-0.1, -0.05) is 0 Å². The van der Waals surface area contributed by atoms with Gasteiger partial charge in [0.1, 0.15) is 6.54 Å². The number of aromatic nitrogens is 2. The average molecular weight is 242 g/mol. The zero-order valence-electron chi connectivity index (χ0n) is 9.88. The summed E-state index contributed by atoms with van der Waals surface area (Å²) in [5.74, 6) is -0.666. The molecular weight excluding hydrogens is 228 g/mol. The van der Waals surface area contributed by atoms with Crippen molar-refractivity contribution < 1.29 is 14.8 Å². The fraction of sp³-hybridized carbons (Fsp3) is 0.556. The van der Waals surface area contributed by atoms with Crippen molar-refractivity contribution in [3.63, 3.8) is 0 Å². The Balaban J connectivity index is 3.25. The van der Waals surface area contributed by atoms with Gasteiger partial charge in [0.25, 0.3) is 0 Å². The number of carboxylic acid groups (broad SMARTS) is 1. The third kappa shape index (κ3) is 2.52. The molecule has 0 saturated heterocycles. The lowest BCUT2D eigenvalue weighted by Gasteiger charge is -2.19. The second-order valence-electron chi connectivity index (χ2n) is 3.53. The highest BCUT2D eigenvalue weighted by molar-refractivity contribution is 5.74. The summed E-state index contributed by atoms with van der Waals surface area (Å²) < 4.78 is 1.52. The number of aliphatic carboxylic acids is 1. The van der Waals surface area contributed by atoms with Crippen LogP contribution in [0.25, 0.3) is 0 Å². The molecule has 94 valence electrons. The van der Waals surface area contributed by atoms with Gasteiger partial charge in [-0.25, -0.2) is 0 Å². The second-order valence-corrected chi connectivity index (χ2v) is 3.53. The lowest BCUT2D eigenvalue weighted by molar-refractivity contribution is -0.388. The Labute approximate surface area is 97.6 Å².